The minimum atomic E-state index is -1.24. The molecule has 1 aromatic carbocycles. The lowest BCUT2D eigenvalue weighted by Crippen LogP contribution is -2.52. The number of nitrogens with one attached hydrogen (secondary N) is 2. The topological polar surface area (TPSA) is 120 Å². The number of benzene rings is 1. The number of hydrogen-bond acceptors (Lipinski definition) is 6. The predicted molar refractivity (Wildman–Crippen MR) is 137 cm³/mol. The van der Waals surface area contributed by atoms with Crippen LogP contribution in [0.3, 0.4) is 0 Å². The number of carbonyl (C=O) groups excluding carboxylic acids is 1. The average molecular weight is 572 g/mol. The molecule has 0 saturated carbocycles. The Morgan fingerprint density at radius 3 is 2.69 bits per heavy atom. The van der Waals surface area contributed by atoms with E-state index in [4.69, 9.17) is 22.4 Å². The fraction of sp³-hybridized carbons (Fsp3) is 0.520. The van der Waals surface area contributed by atoms with Crippen molar-refractivity contribution in [3.8, 4) is 0 Å². The van der Waals surface area contributed by atoms with Crippen molar-refractivity contribution >= 4 is 33.4 Å². The molecule has 0 aliphatic carbocycles. The molecule has 1 amide bonds. The molecule has 1 fully saturated rings. The maximum absolute atomic E-state index is 15.4. The van der Waals surface area contributed by atoms with Gasteiger partial charge in [0.2, 0.25) is 5.91 Å². The van der Waals surface area contributed by atoms with Gasteiger partial charge in [-0.05, 0) is 57.9 Å². The number of amides is 1. The molecule has 6 N–H and O–H groups in total. The summed E-state index contributed by atoms with van der Waals surface area (Å²) < 4.78 is 16.2. The quantitative estimate of drug-likeness (QED) is 0.332. The first kappa shape index (κ1) is 28.0. The average Bonchev–Trinajstić information content (AvgIpc) is 3.07. The lowest BCUT2D eigenvalue weighted by Gasteiger charge is -2.38. The van der Waals surface area contributed by atoms with Crippen molar-refractivity contribution in [1.82, 2.24) is 15.6 Å². The summed E-state index contributed by atoms with van der Waals surface area (Å²) in [7, 11) is 0. The van der Waals surface area contributed by atoms with Crippen LogP contribution in [0.4, 0.5) is 4.39 Å². The standard InChI is InChI=1S/C25H33BrClFN4O3/c1-24(2,3)11-19-25(29,18-8-7-14(26)12-31-18)20(16-5-4-6-17(27)21(16)28)22(32-19)23(35)30-10-9-15(34)13-33/h4-8,12,15,19-20,22,32-34H,9-11,13,29H2,1-3H3,(H,30,35)/t15-,19-,20-,22+,25+/m0/s1. The zero-order chi connectivity index (χ0) is 26.0. The van der Waals surface area contributed by atoms with E-state index >= 15 is 4.39 Å². The molecule has 2 aromatic rings. The van der Waals surface area contributed by atoms with Gasteiger partial charge < -0.3 is 26.6 Å². The number of rotatable bonds is 8. The van der Waals surface area contributed by atoms with Crippen LogP contribution in [-0.2, 0) is 10.3 Å². The molecular weight excluding hydrogens is 539 g/mol. The predicted octanol–water partition coefficient (Wildman–Crippen LogP) is 3.21. The highest BCUT2D eigenvalue weighted by Crippen LogP contribution is 2.48. The number of pyridine rings is 1. The minimum Gasteiger partial charge on any atom is -0.394 e. The highest BCUT2D eigenvalue weighted by molar-refractivity contribution is 9.10. The van der Waals surface area contributed by atoms with Gasteiger partial charge in [-0.15, -0.1) is 0 Å². The normalized spacial score (nSPS) is 25.5. The van der Waals surface area contributed by atoms with Crippen molar-refractivity contribution in [2.24, 2.45) is 11.1 Å². The van der Waals surface area contributed by atoms with Gasteiger partial charge in [0.25, 0.3) is 0 Å². The minimum absolute atomic E-state index is 0.0573. The molecule has 35 heavy (non-hydrogen) atoms. The van der Waals surface area contributed by atoms with Crippen molar-refractivity contribution in [2.45, 2.75) is 63.3 Å². The van der Waals surface area contributed by atoms with Gasteiger partial charge in [0.15, 0.2) is 0 Å². The van der Waals surface area contributed by atoms with Gasteiger partial charge in [-0.1, -0.05) is 44.5 Å². The number of aliphatic hydroxyl groups is 2. The number of nitrogens with two attached hydrogens (primary N) is 1. The second kappa shape index (κ2) is 11.2. The molecule has 1 aliphatic heterocycles. The molecule has 0 bridgehead atoms. The Labute approximate surface area is 218 Å². The molecule has 10 heteroatoms. The van der Waals surface area contributed by atoms with Gasteiger partial charge in [0.05, 0.1) is 35.0 Å². The first-order valence-electron chi connectivity index (χ1n) is 11.6. The van der Waals surface area contributed by atoms with Crippen LogP contribution in [0.15, 0.2) is 41.0 Å². The van der Waals surface area contributed by atoms with Crippen LogP contribution < -0.4 is 16.4 Å². The van der Waals surface area contributed by atoms with Crippen LogP contribution in [-0.4, -0.2) is 52.4 Å². The fourth-order valence-corrected chi connectivity index (χ4v) is 5.16. The van der Waals surface area contributed by atoms with Crippen LogP contribution in [0, 0.1) is 11.2 Å². The van der Waals surface area contributed by atoms with E-state index in [9.17, 15) is 9.90 Å². The van der Waals surface area contributed by atoms with Crippen molar-refractivity contribution in [1.29, 1.82) is 0 Å². The maximum atomic E-state index is 15.4. The molecule has 7 nitrogen and oxygen atoms in total. The van der Waals surface area contributed by atoms with Crippen LogP contribution in [0.5, 0.6) is 0 Å². The Kier molecular flexibility index (Phi) is 8.94. The van der Waals surface area contributed by atoms with Crippen LogP contribution >= 0.6 is 27.5 Å². The zero-order valence-electron chi connectivity index (χ0n) is 20.1. The monoisotopic (exact) mass is 570 g/mol. The van der Waals surface area contributed by atoms with Gasteiger partial charge in [0, 0.05) is 29.2 Å². The largest absolute Gasteiger partial charge is 0.394 e. The molecule has 1 saturated heterocycles. The van der Waals surface area contributed by atoms with E-state index < -0.39 is 42.1 Å². The van der Waals surface area contributed by atoms with E-state index in [1.54, 1.807) is 24.4 Å². The summed E-state index contributed by atoms with van der Waals surface area (Å²) in [4.78, 5) is 18.0. The van der Waals surface area contributed by atoms with Gasteiger partial charge in [-0.2, -0.15) is 0 Å². The molecule has 0 unspecified atom stereocenters. The summed E-state index contributed by atoms with van der Waals surface area (Å²) in [5.74, 6) is -1.84. The highest BCUT2D eigenvalue weighted by atomic mass is 79.9. The molecule has 3 rings (SSSR count). The Morgan fingerprint density at radius 1 is 1.37 bits per heavy atom. The fourth-order valence-electron chi connectivity index (χ4n) is 4.74. The molecule has 1 aliphatic rings. The Hall–Kier alpha value is -1.62. The SMILES string of the molecule is CC(C)(C)C[C@@H]1N[C@@H](C(=O)NCC[C@H](O)CO)[C@H](c2cccc(Cl)c2F)[C@@]1(N)c1ccc(Br)cn1. The van der Waals surface area contributed by atoms with E-state index in [0.29, 0.717) is 12.1 Å². The summed E-state index contributed by atoms with van der Waals surface area (Å²) in [6, 6.07) is 6.99. The summed E-state index contributed by atoms with van der Waals surface area (Å²) >= 11 is 9.55. The van der Waals surface area contributed by atoms with Gasteiger partial charge in [-0.25, -0.2) is 4.39 Å². The number of aromatic nitrogens is 1. The third-order valence-electron chi connectivity index (χ3n) is 6.38. The Balaban J connectivity index is 2.12. The number of aliphatic hydroxyl groups excluding tert-OH is 2. The third-order valence-corrected chi connectivity index (χ3v) is 7.14. The van der Waals surface area contributed by atoms with Gasteiger partial charge in [0.1, 0.15) is 5.82 Å². The number of nitrogens with zero attached hydrogens (tertiary/aromatic N) is 1. The Bertz CT molecular complexity index is 1040. The van der Waals surface area contributed by atoms with Gasteiger partial charge >= 0.3 is 0 Å². The second-order valence-electron chi connectivity index (χ2n) is 10.3. The maximum Gasteiger partial charge on any atom is 0.237 e. The van der Waals surface area contributed by atoms with E-state index in [0.717, 1.165) is 4.47 Å². The third kappa shape index (κ3) is 6.21. The molecule has 192 valence electrons. The Morgan fingerprint density at radius 2 is 2.09 bits per heavy atom. The van der Waals surface area contributed by atoms with Gasteiger partial charge in [-0.3, -0.25) is 9.78 Å². The van der Waals surface area contributed by atoms with Crippen molar-refractivity contribution in [2.75, 3.05) is 13.2 Å². The summed E-state index contributed by atoms with van der Waals surface area (Å²) in [6.45, 7) is 5.96. The van der Waals surface area contributed by atoms with Crippen LogP contribution in [0.25, 0.3) is 0 Å². The van der Waals surface area contributed by atoms with Crippen molar-refractivity contribution < 1.29 is 19.4 Å². The van der Waals surface area contributed by atoms with Crippen molar-refractivity contribution in [3.05, 3.63) is 63.1 Å². The van der Waals surface area contributed by atoms with E-state index in [2.05, 4.69) is 52.3 Å². The van der Waals surface area contributed by atoms with Crippen molar-refractivity contribution in [3.63, 3.8) is 0 Å². The van der Waals surface area contributed by atoms with E-state index in [-0.39, 0.29) is 34.9 Å². The molecular formula is C25H33BrClFN4O3. The van der Waals surface area contributed by atoms with Crippen LogP contribution in [0.1, 0.15) is 50.8 Å². The molecule has 1 aromatic heterocycles. The molecule has 2 heterocycles. The molecule has 5 atom stereocenters. The number of carbonyl (C=O) groups is 1. The second-order valence-corrected chi connectivity index (χ2v) is 11.6. The first-order valence-corrected chi connectivity index (χ1v) is 12.7. The van der Waals surface area contributed by atoms with E-state index in [1.165, 1.54) is 6.07 Å². The highest BCUT2D eigenvalue weighted by Gasteiger charge is 2.58. The lowest BCUT2D eigenvalue weighted by atomic mass is 9.70. The number of halogens is 3. The number of hydrogen-bond donors (Lipinski definition) is 5. The summed E-state index contributed by atoms with van der Waals surface area (Å²) in [6.07, 6.45) is 1.46. The summed E-state index contributed by atoms with van der Waals surface area (Å²) in [5.41, 5.74) is 6.55. The van der Waals surface area contributed by atoms with Crippen LogP contribution in [0.2, 0.25) is 5.02 Å². The molecule has 0 spiro atoms. The zero-order valence-corrected chi connectivity index (χ0v) is 22.4. The smallest absolute Gasteiger partial charge is 0.237 e. The van der Waals surface area contributed by atoms with E-state index in [1.807, 2.05) is 6.07 Å². The molecule has 0 radical (unpaired) electrons. The first-order chi connectivity index (χ1) is 16.4. The summed E-state index contributed by atoms with van der Waals surface area (Å²) in [5, 5.41) is 24.8. The lowest BCUT2D eigenvalue weighted by molar-refractivity contribution is -0.123.